The van der Waals surface area contributed by atoms with E-state index >= 15 is 0 Å². The van der Waals surface area contributed by atoms with Crippen LogP contribution in [0.4, 0.5) is 5.69 Å². The van der Waals surface area contributed by atoms with Gasteiger partial charge in [-0.15, -0.1) is 6.58 Å². The zero-order valence-electron chi connectivity index (χ0n) is 14.0. The summed E-state index contributed by atoms with van der Waals surface area (Å²) in [6.07, 6.45) is 3.30. The zero-order valence-corrected chi connectivity index (χ0v) is 14.8. The highest BCUT2D eigenvalue weighted by atomic mass is 35.5. The minimum Gasteiger partial charge on any atom is -0.439 e. The van der Waals surface area contributed by atoms with Crippen molar-refractivity contribution in [3.8, 4) is 11.3 Å². The Hall–Kier alpha value is -3.05. The number of oxazole rings is 1. The van der Waals surface area contributed by atoms with Gasteiger partial charge in [-0.1, -0.05) is 41.9 Å². The van der Waals surface area contributed by atoms with Gasteiger partial charge in [0.2, 0.25) is 5.89 Å². The highest BCUT2D eigenvalue weighted by Crippen LogP contribution is 2.24. The molecule has 0 saturated heterocycles. The smallest absolute Gasteiger partial charge is 0.253 e. The van der Waals surface area contributed by atoms with Crippen LogP contribution >= 0.6 is 11.6 Å². The molecule has 0 unspecified atom stereocenters. The molecule has 0 spiro atoms. The SMILES string of the molecule is C=CCNC(=O)c1ccccc1NCc1ncc(-c2cccc(Cl)c2)o1. The summed E-state index contributed by atoms with van der Waals surface area (Å²) in [6, 6.07) is 14.7. The van der Waals surface area contributed by atoms with E-state index in [9.17, 15) is 4.79 Å². The van der Waals surface area contributed by atoms with Crippen LogP contribution in [-0.2, 0) is 6.54 Å². The van der Waals surface area contributed by atoms with Crippen molar-refractivity contribution < 1.29 is 9.21 Å². The van der Waals surface area contributed by atoms with E-state index in [0.29, 0.717) is 41.0 Å². The molecule has 0 fully saturated rings. The second-order valence-corrected chi connectivity index (χ2v) is 5.96. The summed E-state index contributed by atoms with van der Waals surface area (Å²) in [5, 5.41) is 6.60. The van der Waals surface area contributed by atoms with Crippen molar-refractivity contribution in [1.29, 1.82) is 0 Å². The maximum Gasteiger partial charge on any atom is 0.253 e. The van der Waals surface area contributed by atoms with E-state index < -0.39 is 0 Å². The summed E-state index contributed by atoms with van der Waals surface area (Å²) in [7, 11) is 0. The van der Waals surface area contributed by atoms with Gasteiger partial charge < -0.3 is 15.1 Å². The number of benzene rings is 2. The number of para-hydroxylation sites is 1. The van der Waals surface area contributed by atoms with Gasteiger partial charge >= 0.3 is 0 Å². The second kappa shape index (κ2) is 8.36. The molecule has 0 aliphatic rings. The Morgan fingerprint density at radius 2 is 2.08 bits per heavy atom. The van der Waals surface area contributed by atoms with Gasteiger partial charge in [-0.3, -0.25) is 4.79 Å². The third kappa shape index (κ3) is 4.32. The lowest BCUT2D eigenvalue weighted by Crippen LogP contribution is -2.24. The Kier molecular flexibility index (Phi) is 5.71. The average molecular weight is 368 g/mol. The first-order chi connectivity index (χ1) is 12.7. The first kappa shape index (κ1) is 17.8. The fourth-order valence-electron chi connectivity index (χ4n) is 2.43. The number of hydrogen-bond acceptors (Lipinski definition) is 4. The van der Waals surface area contributed by atoms with Crippen LogP contribution in [0.2, 0.25) is 5.02 Å². The van der Waals surface area contributed by atoms with Crippen molar-refractivity contribution in [1.82, 2.24) is 10.3 Å². The van der Waals surface area contributed by atoms with Crippen molar-refractivity contribution in [2.45, 2.75) is 6.54 Å². The van der Waals surface area contributed by atoms with E-state index in [-0.39, 0.29) is 5.91 Å². The van der Waals surface area contributed by atoms with Gasteiger partial charge in [-0.05, 0) is 24.3 Å². The van der Waals surface area contributed by atoms with Crippen LogP contribution < -0.4 is 10.6 Å². The van der Waals surface area contributed by atoms with Crippen molar-refractivity contribution in [2.75, 3.05) is 11.9 Å². The number of nitrogens with zero attached hydrogens (tertiary/aromatic N) is 1. The van der Waals surface area contributed by atoms with Crippen molar-refractivity contribution in [3.63, 3.8) is 0 Å². The monoisotopic (exact) mass is 367 g/mol. The van der Waals surface area contributed by atoms with Crippen LogP contribution in [0, 0.1) is 0 Å². The third-order valence-corrected chi connectivity index (χ3v) is 3.91. The van der Waals surface area contributed by atoms with Crippen molar-refractivity contribution in [3.05, 3.63) is 83.9 Å². The molecule has 0 aliphatic heterocycles. The molecule has 2 N–H and O–H groups in total. The van der Waals surface area contributed by atoms with E-state index in [1.54, 1.807) is 24.4 Å². The molecule has 0 atom stereocenters. The van der Waals surface area contributed by atoms with Gasteiger partial charge in [-0.2, -0.15) is 0 Å². The van der Waals surface area contributed by atoms with Crippen LogP contribution in [0.15, 0.2) is 71.8 Å². The third-order valence-electron chi connectivity index (χ3n) is 3.67. The molecule has 0 aliphatic carbocycles. The van der Waals surface area contributed by atoms with Gasteiger partial charge in [0.25, 0.3) is 5.91 Å². The molecule has 6 heteroatoms. The Morgan fingerprint density at radius 3 is 2.88 bits per heavy atom. The van der Waals surface area contributed by atoms with Crippen LogP contribution in [0.3, 0.4) is 0 Å². The minimum absolute atomic E-state index is 0.167. The summed E-state index contributed by atoms with van der Waals surface area (Å²) >= 11 is 6.01. The normalized spacial score (nSPS) is 10.3. The molecule has 1 aromatic heterocycles. The lowest BCUT2D eigenvalue weighted by atomic mass is 10.1. The first-order valence-corrected chi connectivity index (χ1v) is 8.48. The predicted octanol–water partition coefficient (Wildman–Crippen LogP) is 4.52. The van der Waals surface area contributed by atoms with E-state index in [1.807, 2.05) is 36.4 Å². The largest absolute Gasteiger partial charge is 0.439 e. The predicted molar refractivity (Wildman–Crippen MR) is 103 cm³/mol. The Morgan fingerprint density at radius 1 is 1.23 bits per heavy atom. The number of rotatable bonds is 7. The van der Waals surface area contributed by atoms with Crippen molar-refractivity contribution >= 4 is 23.2 Å². The molecule has 132 valence electrons. The van der Waals surface area contributed by atoms with Gasteiger partial charge in [0, 0.05) is 22.8 Å². The number of halogens is 1. The van der Waals surface area contributed by atoms with Gasteiger partial charge in [0.1, 0.15) is 0 Å². The van der Waals surface area contributed by atoms with Gasteiger partial charge in [-0.25, -0.2) is 4.98 Å². The highest BCUT2D eigenvalue weighted by molar-refractivity contribution is 6.30. The Bertz CT molecular complexity index is 921. The molecule has 1 heterocycles. The molecule has 1 amide bonds. The lowest BCUT2D eigenvalue weighted by molar-refractivity contribution is 0.0958. The maximum atomic E-state index is 12.2. The number of anilines is 1. The van der Waals surface area contributed by atoms with Crippen LogP contribution in [0.1, 0.15) is 16.2 Å². The summed E-state index contributed by atoms with van der Waals surface area (Å²) in [5.41, 5.74) is 2.12. The quantitative estimate of drug-likeness (QED) is 0.602. The van der Waals surface area contributed by atoms with E-state index in [2.05, 4.69) is 22.2 Å². The molecular formula is C20H18ClN3O2. The van der Waals surface area contributed by atoms with Gasteiger partial charge in [0.05, 0.1) is 18.3 Å². The Balaban J connectivity index is 1.70. The summed E-state index contributed by atoms with van der Waals surface area (Å²) < 4.78 is 5.77. The summed E-state index contributed by atoms with van der Waals surface area (Å²) in [6.45, 7) is 4.36. The molecule has 3 aromatic rings. The van der Waals surface area contributed by atoms with E-state index in [1.165, 1.54) is 0 Å². The van der Waals surface area contributed by atoms with Crippen molar-refractivity contribution in [2.24, 2.45) is 0 Å². The maximum absolute atomic E-state index is 12.2. The molecule has 2 aromatic carbocycles. The van der Waals surface area contributed by atoms with Crippen LogP contribution in [-0.4, -0.2) is 17.4 Å². The first-order valence-electron chi connectivity index (χ1n) is 8.10. The number of nitrogens with one attached hydrogen (secondary N) is 2. The lowest BCUT2D eigenvalue weighted by Gasteiger charge is -2.10. The van der Waals surface area contributed by atoms with Crippen LogP contribution in [0.5, 0.6) is 0 Å². The number of amides is 1. The fraction of sp³-hybridized carbons (Fsp3) is 0.100. The molecule has 0 radical (unpaired) electrons. The number of carbonyl (C=O) groups is 1. The molecule has 5 nitrogen and oxygen atoms in total. The molecule has 26 heavy (non-hydrogen) atoms. The Labute approximate surface area is 156 Å². The standard InChI is InChI=1S/C20H18ClN3O2/c1-2-10-22-20(25)16-8-3-4-9-17(16)23-13-19-24-12-18(26-19)14-6-5-7-15(21)11-14/h2-9,11-12,23H,1,10,13H2,(H,22,25). The number of carbonyl (C=O) groups excluding carboxylic acids is 1. The molecule has 3 rings (SSSR count). The second-order valence-electron chi connectivity index (χ2n) is 5.53. The highest BCUT2D eigenvalue weighted by Gasteiger charge is 2.11. The van der Waals surface area contributed by atoms with Crippen LogP contribution in [0.25, 0.3) is 11.3 Å². The molecule has 0 saturated carbocycles. The fourth-order valence-corrected chi connectivity index (χ4v) is 2.62. The molecular weight excluding hydrogens is 350 g/mol. The zero-order chi connectivity index (χ0) is 18.4. The number of aromatic nitrogens is 1. The summed E-state index contributed by atoms with van der Waals surface area (Å²) in [4.78, 5) is 16.5. The summed E-state index contributed by atoms with van der Waals surface area (Å²) in [5.74, 6) is 0.989. The average Bonchev–Trinajstić information content (AvgIpc) is 3.14. The van der Waals surface area contributed by atoms with E-state index in [4.69, 9.17) is 16.0 Å². The topological polar surface area (TPSA) is 67.2 Å². The van der Waals surface area contributed by atoms with E-state index in [0.717, 1.165) is 5.56 Å². The number of hydrogen-bond donors (Lipinski definition) is 2. The molecule has 0 bridgehead atoms. The van der Waals surface area contributed by atoms with Gasteiger partial charge in [0.15, 0.2) is 5.76 Å². The minimum atomic E-state index is -0.167.